The first kappa shape index (κ1) is 37.2. The van der Waals surface area contributed by atoms with E-state index in [1.54, 1.807) is 84.9 Å². The van der Waals surface area contributed by atoms with E-state index >= 15 is 0 Å². The van der Waals surface area contributed by atoms with Crippen LogP contribution in [-0.2, 0) is 11.2 Å². The number of esters is 1. The summed E-state index contributed by atoms with van der Waals surface area (Å²) in [6.07, 6.45) is 5.91. The summed E-state index contributed by atoms with van der Waals surface area (Å²) in [5.74, 6) is 0.0924. The minimum Gasteiger partial charge on any atom is -0.497 e. The highest BCUT2D eigenvalue weighted by Gasteiger charge is 2.21. The van der Waals surface area contributed by atoms with Crippen LogP contribution in [-0.4, -0.2) is 50.4 Å². The summed E-state index contributed by atoms with van der Waals surface area (Å²) in [5.41, 5.74) is 2.11. The molecule has 0 heterocycles. The molecular formula is C40H44N2O8. The van der Waals surface area contributed by atoms with Crippen LogP contribution in [0.15, 0.2) is 91.0 Å². The van der Waals surface area contributed by atoms with Crippen LogP contribution in [0.2, 0.25) is 0 Å². The van der Waals surface area contributed by atoms with Gasteiger partial charge in [-0.15, -0.1) is 0 Å². The normalized spacial score (nSPS) is 11.2. The predicted molar refractivity (Wildman–Crippen MR) is 192 cm³/mol. The fourth-order valence-corrected chi connectivity index (χ4v) is 5.14. The number of nitrogens with one attached hydrogen (secondary N) is 2. The van der Waals surface area contributed by atoms with Crippen molar-refractivity contribution in [3.05, 3.63) is 113 Å². The van der Waals surface area contributed by atoms with Gasteiger partial charge in [-0.1, -0.05) is 50.8 Å². The van der Waals surface area contributed by atoms with Crippen LogP contribution in [0.1, 0.15) is 82.6 Å². The highest BCUT2D eigenvalue weighted by molar-refractivity contribution is 6.05. The van der Waals surface area contributed by atoms with Crippen LogP contribution >= 0.6 is 0 Å². The van der Waals surface area contributed by atoms with E-state index in [4.69, 9.17) is 18.9 Å². The smallest absolute Gasteiger partial charge is 0.343 e. The lowest BCUT2D eigenvalue weighted by atomic mass is 10.0. The maximum Gasteiger partial charge on any atom is 0.343 e. The van der Waals surface area contributed by atoms with E-state index in [1.165, 1.54) is 46.5 Å². The van der Waals surface area contributed by atoms with E-state index in [0.29, 0.717) is 46.2 Å². The lowest BCUT2D eigenvalue weighted by Crippen LogP contribution is -2.41. The second-order valence-corrected chi connectivity index (χ2v) is 11.8. The molecule has 2 amide bonds. The van der Waals surface area contributed by atoms with E-state index in [2.05, 4.69) is 17.6 Å². The largest absolute Gasteiger partial charge is 0.497 e. The van der Waals surface area contributed by atoms with Gasteiger partial charge in [-0.2, -0.15) is 0 Å². The number of carbonyl (C=O) groups excluding carboxylic acids is 4. The SMILES string of the molecule is CCCCCCCOc1ccc(C(=O)Oc2ccc(CC(NC(=O)c3cccc(NC(=O)c4cccc(OC)c4)c3)C(C)=O)cc2OC)cc1. The Morgan fingerprint density at radius 3 is 2.10 bits per heavy atom. The number of anilines is 1. The third-order valence-corrected chi connectivity index (χ3v) is 7.99. The Morgan fingerprint density at radius 1 is 0.680 bits per heavy atom. The van der Waals surface area contributed by atoms with Gasteiger partial charge in [0.15, 0.2) is 17.3 Å². The molecule has 0 radical (unpaired) electrons. The zero-order chi connectivity index (χ0) is 35.9. The Balaban J connectivity index is 1.35. The van der Waals surface area contributed by atoms with Crippen LogP contribution in [0.25, 0.3) is 0 Å². The van der Waals surface area contributed by atoms with Crippen molar-refractivity contribution in [1.82, 2.24) is 5.32 Å². The second kappa shape index (κ2) is 18.8. The number of benzene rings is 4. The van der Waals surface area contributed by atoms with Gasteiger partial charge in [-0.05, 0) is 98.1 Å². The molecule has 2 N–H and O–H groups in total. The summed E-state index contributed by atoms with van der Waals surface area (Å²) in [6.45, 7) is 4.21. The molecule has 0 aliphatic carbocycles. The van der Waals surface area contributed by atoms with E-state index in [0.717, 1.165) is 12.8 Å². The maximum atomic E-state index is 13.2. The number of methoxy groups -OCH3 is 2. The Labute approximate surface area is 293 Å². The average Bonchev–Trinajstić information content (AvgIpc) is 3.13. The zero-order valence-corrected chi connectivity index (χ0v) is 29.0. The summed E-state index contributed by atoms with van der Waals surface area (Å²) in [4.78, 5) is 51.5. The second-order valence-electron chi connectivity index (χ2n) is 11.8. The minimum absolute atomic E-state index is 0.165. The first-order chi connectivity index (χ1) is 24.2. The van der Waals surface area contributed by atoms with Crippen LogP contribution in [0.5, 0.6) is 23.0 Å². The van der Waals surface area contributed by atoms with Gasteiger partial charge in [-0.3, -0.25) is 14.4 Å². The third kappa shape index (κ3) is 10.9. The van der Waals surface area contributed by atoms with Crippen LogP contribution < -0.4 is 29.6 Å². The quantitative estimate of drug-likeness (QED) is 0.0630. The molecule has 10 heteroatoms. The minimum atomic E-state index is -0.854. The lowest BCUT2D eigenvalue weighted by molar-refractivity contribution is -0.118. The summed E-state index contributed by atoms with van der Waals surface area (Å²) in [7, 11) is 2.97. The van der Waals surface area contributed by atoms with Gasteiger partial charge in [0.05, 0.1) is 32.4 Å². The summed E-state index contributed by atoms with van der Waals surface area (Å²) in [5, 5.41) is 5.57. The number of unbranched alkanes of at least 4 members (excludes halogenated alkanes) is 4. The molecule has 1 atom stereocenters. The van der Waals surface area contributed by atoms with Crippen molar-refractivity contribution in [3.63, 3.8) is 0 Å². The Hall–Kier alpha value is -5.64. The first-order valence-corrected chi connectivity index (χ1v) is 16.7. The maximum absolute atomic E-state index is 13.2. The van der Waals surface area contributed by atoms with Crippen LogP contribution in [0.4, 0.5) is 5.69 Å². The van der Waals surface area contributed by atoms with E-state index in [1.807, 2.05) is 0 Å². The van der Waals surface area contributed by atoms with Crippen molar-refractivity contribution in [1.29, 1.82) is 0 Å². The van der Waals surface area contributed by atoms with Gasteiger partial charge >= 0.3 is 5.97 Å². The van der Waals surface area contributed by atoms with E-state index < -0.39 is 17.9 Å². The molecule has 1 unspecified atom stereocenters. The van der Waals surface area contributed by atoms with Gasteiger partial charge in [-0.25, -0.2) is 4.79 Å². The van der Waals surface area contributed by atoms with Crippen molar-refractivity contribution in [2.24, 2.45) is 0 Å². The Morgan fingerprint density at radius 2 is 1.40 bits per heavy atom. The molecule has 4 rings (SSSR count). The molecule has 50 heavy (non-hydrogen) atoms. The molecule has 4 aromatic carbocycles. The molecule has 0 saturated heterocycles. The molecule has 0 aliphatic heterocycles. The van der Waals surface area contributed by atoms with E-state index in [9.17, 15) is 19.2 Å². The summed E-state index contributed by atoms with van der Waals surface area (Å²) >= 11 is 0. The molecule has 0 aromatic heterocycles. The first-order valence-electron chi connectivity index (χ1n) is 16.7. The number of hydrogen-bond donors (Lipinski definition) is 2. The van der Waals surface area contributed by atoms with Crippen LogP contribution in [0.3, 0.4) is 0 Å². The van der Waals surface area contributed by atoms with Crippen molar-refractivity contribution >= 4 is 29.3 Å². The van der Waals surface area contributed by atoms with Gasteiger partial charge in [0.2, 0.25) is 0 Å². The van der Waals surface area contributed by atoms with Crippen molar-refractivity contribution < 1.29 is 38.1 Å². The number of Topliss-reactive ketones (excluding diaryl/α,β-unsaturated/α-hetero) is 1. The number of carbonyl (C=O) groups is 4. The average molecular weight is 681 g/mol. The summed E-state index contributed by atoms with van der Waals surface area (Å²) in [6, 6.07) is 24.1. The predicted octanol–water partition coefficient (Wildman–Crippen LogP) is 7.45. The van der Waals surface area contributed by atoms with Gasteiger partial charge < -0.3 is 29.6 Å². The van der Waals surface area contributed by atoms with E-state index in [-0.39, 0.29) is 29.4 Å². The fourth-order valence-electron chi connectivity index (χ4n) is 5.14. The molecule has 4 aromatic rings. The zero-order valence-electron chi connectivity index (χ0n) is 29.0. The molecule has 10 nitrogen and oxygen atoms in total. The number of ketones is 1. The highest BCUT2D eigenvalue weighted by Crippen LogP contribution is 2.30. The third-order valence-electron chi connectivity index (χ3n) is 7.99. The number of rotatable bonds is 18. The standard InChI is InChI=1S/C40H44N2O8/c1-5-6-7-8-9-22-49-33-19-17-29(18-20-33)40(46)50-36-21-16-28(24-37(36)48-4)23-35(27(2)43)42-39(45)30-12-10-14-32(25-30)41-38(44)31-13-11-15-34(26-31)47-3/h10-21,24-26,35H,5-9,22-23H2,1-4H3,(H,41,44)(H,42,45). The van der Waals surface area contributed by atoms with Crippen molar-refractivity contribution in [2.45, 2.75) is 58.4 Å². The molecule has 262 valence electrons. The van der Waals surface area contributed by atoms with Gasteiger partial charge in [0, 0.05) is 16.8 Å². The molecule has 0 bridgehead atoms. The number of amides is 2. The van der Waals surface area contributed by atoms with Crippen LogP contribution in [0, 0.1) is 0 Å². The topological polar surface area (TPSA) is 129 Å². The molecule has 0 spiro atoms. The van der Waals surface area contributed by atoms with Crippen molar-refractivity contribution in [3.8, 4) is 23.0 Å². The lowest BCUT2D eigenvalue weighted by Gasteiger charge is -2.18. The Bertz CT molecular complexity index is 1770. The molecule has 0 saturated carbocycles. The monoisotopic (exact) mass is 680 g/mol. The number of ether oxygens (including phenoxy) is 4. The summed E-state index contributed by atoms with van der Waals surface area (Å²) < 4.78 is 22.1. The van der Waals surface area contributed by atoms with Gasteiger partial charge in [0.1, 0.15) is 11.5 Å². The Kier molecular flexibility index (Phi) is 14.0. The molecule has 0 aliphatic rings. The van der Waals surface area contributed by atoms with Crippen molar-refractivity contribution in [2.75, 3.05) is 26.1 Å². The molecule has 0 fully saturated rings. The number of hydrogen-bond acceptors (Lipinski definition) is 8. The molecular weight excluding hydrogens is 636 g/mol. The fraction of sp³-hybridized carbons (Fsp3) is 0.300. The van der Waals surface area contributed by atoms with Gasteiger partial charge in [0.25, 0.3) is 11.8 Å². The highest BCUT2D eigenvalue weighted by atomic mass is 16.6.